The van der Waals surface area contributed by atoms with E-state index in [9.17, 15) is 4.79 Å². The van der Waals surface area contributed by atoms with Crippen LogP contribution in [0.1, 0.15) is 11.1 Å². The molecule has 4 aromatic rings. The molecule has 2 N–H and O–H groups in total. The molecule has 4 rings (SSSR count). The normalized spacial score (nSPS) is 10.7. The summed E-state index contributed by atoms with van der Waals surface area (Å²) in [5, 5.41) is 7.80. The van der Waals surface area contributed by atoms with Gasteiger partial charge < -0.3 is 10.6 Å². The zero-order valence-electron chi connectivity index (χ0n) is 16.8. The summed E-state index contributed by atoms with van der Waals surface area (Å²) in [6.45, 7) is 4.08. The molecular formula is C24H22N4OS. The quantitative estimate of drug-likeness (QED) is 0.312. The lowest BCUT2D eigenvalue weighted by molar-refractivity contribution is -0.113. The van der Waals surface area contributed by atoms with Crippen LogP contribution in [0.3, 0.4) is 0 Å². The number of aryl methyl sites for hydroxylation is 2. The molecule has 0 bridgehead atoms. The predicted octanol–water partition coefficient (Wildman–Crippen LogP) is 5.72. The molecule has 1 heterocycles. The molecule has 5 nitrogen and oxygen atoms in total. The van der Waals surface area contributed by atoms with E-state index < -0.39 is 0 Å². The lowest BCUT2D eigenvalue weighted by atomic mass is 10.1. The highest BCUT2D eigenvalue weighted by molar-refractivity contribution is 7.99. The smallest absolute Gasteiger partial charge is 0.234 e. The third-order valence-electron chi connectivity index (χ3n) is 4.74. The molecule has 1 aromatic heterocycles. The number of para-hydroxylation sites is 2. The van der Waals surface area contributed by atoms with E-state index in [0.717, 1.165) is 33.7 Å². The maximum Gasteiger partial charge on any atom is 0.234 e. The second-order valence-corrected chi connectivity index (χ2v) is 7.94. The summed E-state index contributed by atoms with van der Waals surface area (Å²) in [6.07, 6.45) is 0. The minimum Gasteiger partial charge on any atom is -0.340 e. The number of hydrogen-bond donors (Lipinski definition) is 2. The minimum absolute atomic E-state index is 0.0856. The monoisotopic (exact) mass is 414 g/mol. The van der Waals surface area contributed by atoms with Crippen LogP contribution in [0.5, 0.6) is 0 Å². The molecule has 0 spiro atoms. The number of anilines is 3. The van der Waals surface area contributed by atoms with Gasteiger partial charge in [-0.1, -0.05) is 48.2 Å². The van der Waals surface area contributed by atoms with E-state index >= 15 is 0 Å². The zero-order chi connectivity index (χ0) is 20.9. The highest BCUT2D eigenvalue weighted by Gasteiger charge is 2.11. The molecule has 30 heavy (non-hydrogen) atoms. The van der Waals surface area contributed by atoms with E-state index in [1.165, 1.54) is 17.3 Å². The van der Waals surface area contributed by atoms with Gasteiger partial charge in [-0.15, -0.1) is 0 Å². The summed E-state index contributed by atoms with van der Waals surface area (Å²) >= 11 is 1.32. The molecule has 1 amide bonds. The van der Waals surface area contributed by atoms with Crippen molar-refractivity contribution in [2.45, 2.75) is 19.0 Å². The Balaban J connectivity index is 1.51. The van der Waals surface area contributed by atoms with E-state index in [1.54, 1.807) is 0 Å². The number of carbonyl (C=O) groups is 1. The largest absolute Gasteiger partial charge is 0.340 e. The molecule has 0 atom stereocenters. The second-order valence-electron chi connectivity index (χ2n) is 7.00. The van der Waals surface area contributed by atoms with Gasteiger partial charge in [0.05, 0.1) is 11.3 Å². The van der Waals surface area contributed by atoms with Gasteiger partial charge in [-0.25, -0.2) is 9.97 Å². The van der Waals surface area contributed by atoms with Crippen LogP contribution in [0, 0.1) is 13.8 Å². The second kappa shape index (κ2) is 8.97. The van der Waals surface area contributed by atoms with Gasteiger partial charge in [0.15, 0.2) is 5.16 Å². The first-order valence-electron chi connectivity index (χ1n) is 9.67. The van der Waals surface area contributed by atoms with Crippen LogP contribution >= 0.6 is 11.8 Å². The molecule has 0 radical (unpaired) electrons. The molecule has 0 aliphatic heterocycles. The van der Waals surface area contributed by atoms with Crippen LogP contribution in [-0.2, 0) is 4.79 Å². The maximum atomic E-state index is 12.4. The van der Waals surface area contributed by atoms with E-state index in [1.807, 2.05) is 79.7 Å². The topological polar surface area (TPSA) is 66.9 Å². The Morgan fingerprint density at radius 2 is 1.63 bits per heavy atom. The van der Waals surface area contributed by atoms with Gasteiger partial charge in [-0.3, -0.25) is 4.79 Å². The number of hydrogen-bond acceptors (Lipinski definition) is 5. The van der Waals surface area contributed by atoms with E-state index in [2.05, 4.69) is 27.5 Å². The summed E-state index contributed by atoms with van der Waals surface area (Å²) < 4.78 is 0. The van der Waals surface area contributed by atoms with Crippen molar-refractivity contribution in [1.29, 1.82) is 0 Å². The molecular weight excluding hydrogens is 392 g/mol. The number of benzene rings is 3. The van der Waals surface area contributed by atoms with Crippen LogP contribution < -0.4 is 10.6 Å². The van der Waals surface area contributed by atoms with Gasteiger partial charge in [-0.2, -0.15) is 0 Å². The Labute approximate surface area is 180 Å². The molecule has 0 unspecified atom stereocenters. The van der Waals surface area contributed by atoms with Crippen LogP contribution in [0.15, 0.2) is 78.0 Å². The number of fused-ring (bicyclic) bond motifs is 1. The van der Waals surface area contributed by atoms with Crippen molar-refractivity contribution in [3.8, 4) is 0 Å². The number of nitrogens with zero attached hydrogens (tertiary/aromatic N) is 2. The Morgan fingerprint density at radius 3 is 2.43 bits per heavy atom. The molecule has 0 saturated heterocycles. The fourth-order valence-electron chi connectivity index (χ4n) is 3.02. The number of carbonyl (C=O) groups excluding carboxylic acids is 1. The van der Waals surface area contributed by atoms with Gasteiger partial charge in [0, 0.05) is 16.8 Å². The SMILES string of the molecule is Cc1ccc(NC(=O)CSc2nc(Nc3ccccc3)c3ccccc3n2)cc1C. The van der Waals surface area contributed by atoms with Crippen LogP contribution in [0.2, 0.25) is 0 Å². The van der Waals surface area contributed by atoms with Crippen molar-refractivity contribution >= 4 is 45.8 Å². The van der Waals surface area contributed by atoms with Crippen LogP contribution in [0.4, 0.5) is 17.2 Å². The van der Waals surface area contributed by atoms with Gasteiger partial charge in [-0.05, 0) is 61.4 Å². The average molecular weight is 415 g/mol. The third-order valence-corrected chi connectivity index (χ3v) is 5.59. The fourth-order valence-corrected chi connectivity index (χ4v) is 3.67. The van der Waals surface area contributed by atoms with Crippen molar-refractivity contribution < 1.29 is 4.79 Å². The number of amides is 1. The standard InChI is InChI=1S/C24H22N4OS/c1-16-12-13-19(14-17(16)2)25-22(29)15-30-24-27-21-11-7-6-10-20(21)23(28-24)26-18-8-4-3-5-9-18/h3-14H,15H2,1-2H3,(H,25,29)(H,26,27,28). The molecule has 6 heteroatoms. The van der Waals surface area contributed by atoms with Crippen LogP contribution in [0.25, 0.3) is 10.9 Å². The first-order valence-corrected chi connectivity index (χ1v) is 10.7. The van der Waals surface area contributed by atoms with Crippen molar-refractivity contribution in [3.05, 3.63) is 83.9 Å². The molecule has 0 fully saturated rings. The van der Waals surface area contributed by atoms with E-state index in [0.29, 0.717) is 5.16 Å². The number of rotatable bonds is 6. The number of aromatic nitrogens is 2. The maximum absolute atomic E-state index is 12.4. The Morgan fingerprint density at radius 1 is 0.867 bits per heavy atom. The summed E-state index contributed by atoms with van der Waals surface area (Å²) in [7, 11) is 0. The third kappa shape index (κ3) is 4.78. The summed E-state index contributed by atoms with van der Waals surface area (Å²) in [4.78, 5) is 21.7. The van der Waals surface area contributed by atoms with E-state index in [-0.39, 0.29) is 11.7 Å². The number of thioether (sulfide) groups is 1. The summed E-state index contributed by atoms with van der Waals surface area (Å²) in [5.41, 5.74) is 4.93. The zero-order valence-corrected chi connectivity index (χ0v) is 17.7. The first-order chi connectivity index (χ1) is 14.6. The lowest BCUT2D eigenvalue weighted by Crippen LogP contribution is -2.14. The Kier molecular flexibility index (Phi) is 5.95. The summed E-state index contributed by atoms with van der Waals surface area (Å²) in [5.74, 6) is 0.872. The van der Waals surface area contributed by atoms with Crippen molar-refractivity contribution in [1.82, 2.24) is 9.97 Å². The average Bonchev–Trinajstić information content (AvgIpc) is 2.76. The molecule has 0 aliphatic rings. The Bertz CT molecular complexity index is 1190. The van der Waals surface area contributed by atoms with Gasteiger partial charge in [0.1, 0.15) is 5.82 Å². The van der Waals surface area contributed by atoms with Crippen molar-refractivity contribution in [2.24, 2.45) is 0 Å². The van der Waals surface area contributed by atoms with Gasteiger partial charge in [0.2, 0.25) is 5.91 Å². The first kappa shape index (κ1) is 19.9. The van der Waals surface area contributed by atoms with Gasteiger partial charge >= 0.3 is 0 Å². The van der Waals surface area contributed by atoms with Crippen molar-refractivity contribution in [2.75, 3.05) is 16.4 Å². The highest BCUT2D eigenvalue weighted by atomic mass is 32.2. The lowest BCUT2D eigenvalue weighted by Gasteiger charge is -2.11. The number of nitrogens with one attached hydrogen (secondary N) is 2. The molecule has 150 valence electrons. The highest BCUT2D eigenvalue weighted by Crippen LogP contribution is 2.27. The van der Waals surface area contributed by atoms with Crippen LogP contribution in [-0.4, -0.2) is 21.6 Å². The van der Waals surface area contributed by atoms with Crippen molar-refractivity contribution in [3.63, 3.8) is 0 Å². The Hall–Kier alpha value is -3.38. The predicted molar refractivity (Wildman–Crippen MR) is 125 cm³/mol. The molecule has 0 aliphatic carbocycles. The fraction of sp³-hybridized carbons (Fsp3) is 0.125. The molecule has 0 saturated carbocycles. The van der Waals surface area contributed by atoms with Gasteiger partial charge in [0.25, 0.3) is 0 Å². The minimum atomic E-state index is -0.0856. The summed E-state index contributed by atoms with van der Waals surface area (Å²) in [6, 6.07) is 23.6. The van der Waals surface area contributed by atoms with E-state index in [4.69, 9.17) is 0 Å². The molecule has 3 aromatic carbocycles.